The number of nitrogens with one attached hydrogen (secondary N) is 1. The average molecular weight is 834 g/mol. The van der Waals surface area contributed by atoms with Gasteiger partial charge in [0.2, 0.25) is 5.91 Å². The summed E-state index contributed by atoms with van der Waals surface area (Å²) in [6.07, 6.45) is 60.7. The van der Waals surface area contributed by atoms with Crippen LogP contribution in [0.3, 0.4) is 0 Å². The first-order chi connectivity index (χ1) is 29.1. The first-order valence-corrected chi connectivity index (χ1v) is 27.0. The van der Waals surface area contributed by atoms with E-state index >= 15 is 0 Å². The molecule has 0 heterocycles. The number of carbonyl (C=O) groups is 1. The molecule has 4 N–H and O–H groups in total. The van der Waals surface area contributed by atoms with E-state index in [4.69, 9.17) is 0 Å². The van der Waals surface area contributed by atoms with E-state index in [1.54, 1.807) is 0 Å². The first kappa shape index (κ1) is 58.1. The Kier molecular flexibility index (Phi) is 49.0. The van der Waals surface area contributed by atoms with Crippen molar-refractivity contribution in [1.82, 2.24) is 5.32 Å². The van der Waals surface area contributed by atoms with Crippen LogP contribution in [0.4, 0.5) is 0 Å². The van der Waals surface area contributed by atoms with Crippen molar-refractivity contribution in [2.24, 2.45) is 0 Å². The monoisotopic (exact) mass is 834 g/mol. The van der Waals surface area contributed by atoms with Crippen LogP contribution in [0.5, 0.6) is 0 Å². The second-order valence-corrected chi connectivity index (χ2v) is 18.8. The molecule has 0 radical (unpaired) electrons. The molecule has 0 rings (SSSR count). The molecule has 352 valence electrons. The van der Waals surface area contributed by atoms with Crippen LogP contribution in [0.25, 0.3) is 0 Å². The third-order valence-electron chi connectivity index (χ3n) is 12.9. The van der Waals surface area contributed by atoms with E-state index in [0.717, 1.165) is 32.1 Å². The highest BCUT2D eigenvalue weighted by Crippen LogP contribution is 2.18. The third kappa shape index (κ3) is 44.9. The van der Waals surface area contributed by atoms with Crippen molar-refractivity contribution in [3.63, 3.8) is 0 Å². The molecule has 5 heteroatoms. The molecule has 0 aromatic rings. The lowest BCUT2D eigenvalue weighted by Crippen LogP contribution is -2.50. The van der Waals surface area contributed by atoms with Gasteiger partial charge in [-0.05, 0) is 38.5 Å². The molecule has 1 amide bonds. The topological polar surface area (TPSA) is 89.8 Å². The lowest BCUT2D eigenvalue weighted by Gasteiger charge is -2.26. The number of aliphatic hydroxyl groups excluding tert-OH is 3. The number of amides is 1. The number of aliphatic hydroxyl groups is 3. The van der Waals surface area contributed by atoms with Gasteiger partial charge < -0.3 is 20.6 Å². The van der Waals surface area contributed by atoms with E-state index in [1.165, 1.54) is 244 Å². The van der Waals surface area contributed by atoms with Crippen molar-refractivity contribution in [1.29, 1.82) is 0 Å². The second kappa shape index (κ2) is 49.7. The summed E-state index contributed by atoms with van der Waals surface area (Å²) in [6, 6.07) is -0.806. The smallest absolute Gasteiger partial charge is 0.220 e. The van der Waals surface area contributed by atoms with Gasteiger partial charge in [0.05, 0.1) is 18.8 Å². The van der Waals surface area contributed by atoms with Crippen LogP contribution in [-0.2, 0) is 4.79 Å². The van der Waals surface area contributed by atoms with E-state index in [-0.39, 0.29) is 12.5 Å². The third-order valence-corrected chi connectivity index (χ3v) is 12.9. The Labute approximate surface area is 369 Å². The minimum atomic E-state index is -1.13. The fourth-order valence-corrected chi connectivity index (χ4v) is 8.69. The molecule has 0 fully saturated rings. The first-order valence-electron chi connectivity index (χ1n) is 27.0. The number of rotatable bonds is 50. The molecule has 0 bridgehead atoms. The summed E-state index contributed by atoms with van der Waals surface area (Å²) in [5.74, 6) is -0.140. The van der Waals surface area contributed by atoms with Crippen LogP contribution in [-0.4, -0.2) is 46.1 Å². The van der Waals surface area contributed by atoms with Gasteiger partial charge in [-0.3, -0.25) is 4.79 Å². The molecule has 3 unspecified atom stereocenters. The van der Waals surface area contributed by atoms with E-state index in [1.807, 2.05) is 0 Å². The largest absolute Gasteiger partial charge is 0.394 e. The van der Waals surface area contributed by atoms with Gasteiger partial charge in [0.15, 0.2) is 0 Å². The van der Waals surface area contributed by atoms with E-state index in [9.17, 15) is 20.1 Å². The summed E-state index contributed by atoms with van der Waals surface area (Å²) in [7, 11) is 0. The Morgan fingerprint density at radius 1 is 0.407 bits per heavy atom. The summed E-state index contributed by atoms with van der Waals surface area (Å²) in [4.78, 5) is 12.5. The van der Waals surface area contributed by atoms with Gasteiger partial charge in [-0.15, -0.1) is 0 Å². The Hall–Kier alpha value is -0.910. The molecule has 0 aliphatic heterocycles. The molecule has 0 saturated carbocycles. The molecule has 3 atom stereocenters. The molecule has 59 heavy (non-hydrogen) atoms. The van der Waals surface area contributed by atoms with E-state index in [0.29, 0.717) is 12.8 Å². The van der Waals surface area contributed by atoms with E-state index in [2.05, 4.69) is 31.3 Å². The van der Waals surface area contributed by atoms with Gasteiger partial charge in [-0.1, -0.05) is 270 Å². The van der Waals surface area contributed by atoms with Gasteiger partial charge in [0.25, 0.3) is 0 Å². The highest BCUT2D eigenvalue weighted by Gasteiger charge is 2.26. The highest BCUT2D eigenvalue weighted by atomic mass is 16.3. The highest BCUT2D eigenvalue weighted by molar-refractivity contribution is 5.76. The number of carbonyl (C=O) groups excluding carboxylic acids is 1. The SMILES string of the molecule is CCCCCCCCCCCCCC/C=C\CCCCCCCCCCCCCCCCC(=O)NC(CO)C(O)C(O)CCCCCCCCCCCCCCCCC. The standard InChI is InChI=1S/C54H107NO4/c1-3-5-7-9-11-13-15-17-19-20-21-22-23-24-25-26-27-28-29-30-31-32-33-35-37-39-41-43-45-47-49-53(58)55-51(50-56)54(59)52(57)48-46-44-42-40-38-36-34-18-16-14-12-10-8-6-4-2/h24-25,51-52,54,56-57,59H,3-23,26-50H2,1-2H3,(H,55,58)/b25-24-. The zero-order valence-electron chi connectivity index (χ0n) is 40.2. The van der Waals surface area contributed by atoms with Gasteiger partial charge in [-0.25, -0.2) is 0 Å². The number of allylic oxidation sites excluding steroid dienone is 2. The van der Waals surface area contributed by atoms with E-state index < -0.39 is 18.2 Å². The molecule has 0 aliphatic rings. The van der Waals surface area contributed by atoms with Crippen LogP contribution in [0.1, 0.15) is 303 Å². The predicted molar refractivity (Wildman–Crippen MR) is 259 cm³/mol. The second-order valence-electron chi connectivity index (χ2n) is 18.8. The summed E-state index contributed by atoms with van der Waals surface area (Å²) in [6.45, 7) is 4.21. The number of hydrogen-bond acceptors (Lipinski definition) is 4. The zero-order valence-corrected chi connectivity index (χ0v) is 40.2. The summed E-state index contributed by atoms with van der Waals surface area (Å²) >= 11 is 0. The minimum absolute atomic E-state index is 0.140. The maximum Gasteiger partial charge on any atom is 0.220 e. The fraction of sp³-hybridized carbons (Fsp3) is 0.944. The van der Waals surface area contributed by atoms with Crippen molar-refractivity contribution < 1.29 is 20.1 Å². The average Bonchev–Trinajstić information content (AvgIpc) is 3.24. The Morgan fingerprint density at radius 2 is 0.678 bits per heavy atom. The lowest BCUT2D eigenvalue weighted by molar-refractivity contribution is -0.124. The zero-order chi connectivity index (χ0) is 43.0. The molecule has 0 aromatic heterocycles. The lowest BCUT2D eigenvalue weighted by atomic mass is 9.99. The van der Waals surface area contributed by atoms with Crippen LogP contribution >= 0.6 is 0 Å². The van der Waals surface area contributed by atoms with Crippen molar-refractivity contribution in [2.45, 2.75) is 321 Å². The van der Waals surface area contributed by atoms with Crippen LogP contribution in [0.2, 0.25) is 0 Å². The van der Waals surface area contributed by atoms with Crippen LogP contribution < -0.4 is 5.32 Å². The van der Waals surface area contributed by atoms with Crippen molar-refractivity contribution in [2.75, 3.05) is 6.61 Å². The van der Waals surface area contributed by atoms with Crippen molar-refractivity contribution in [3.8, 4) is 0 Å². The number of hydrogen-bond donors (Lipinski definition) is 4. The quantitative estimate of drug-likeness (QED) is 0.0363. The summed E-state index contributed by atoms with van der Waals surface area (Å²) in [5, 5.41) is 33.7. The molecule has 0 aromatic carbocycles. The predicted octanol–water partition coefficient (Wildman–Crippen LogP) is 16.3. The number of unbranched alkanes of at least 4 members (excludes halogenated alkanes) is 40. The van der Waals surface area contributed by atoms with Crippen LogP contribution in [0.15, 0.2) is 12.2 Å². The van der Waals surface area contributed by atoms with Crippen LogP contribution in [0, 0.1) is 0 Å². The maximum atomic E-state index is 12.5. The Balaban J connectivity index is 3.49. The molecule has 0 spiro atoms. The van der Waals surface area contributed by atoms with Gasteiger partial charge >= 0.3 is 0 Å². The summed E-state index contributed by atoms with van der Waals surface area (Å²) < 4.78 is 0. The maximum absolute atomic E-state index is 12.5. The Morgan fingerprint density at radius 3 is 0.983 bits per heavy atom. The fourth-order valence-electron chi connectivity index (χ4n) is 8.69. The minimum Gasteiger partial charge on any atom is -0.394 e. The van der Waals surface area contributed by atoms with Crippen molar-refractivity contribution >= 4 is 5.91 Å². The molecular formula is C54H107NO4. The normalized spacial score (nSPS) is 13.4. The molecule has 5 nitrogen and oxygen atoms in total. The molecule has 0 aliphatic carbocycles. The summed E-state index contributed by atoms with van der Waals surface area (Å²) in [5.41, 5.74) is 0. The molecular weight excluding hydrogens is 727 g/mol. The van der Waals surface area contributed by atoms with Gasteiger partial charge in [-0.2, -0.15) is 0 Å². The van der Waals surface area contributed by atoms with Gasteiger partial charge in [0.1, 0.15) is 6.10 Å². The Bertz CT molecular complexity index is 833. The van der Waals surface area contributed by atoms with Crippen molar-refractivity contribution in [3.05, 3.63) is 12.2 Å². The van der Waals surface area contributed by atoms with Gasteiger partial charge in [0, 0.05) is 6.42 Å². The molecule has 0 saturated heterocycles.